The third-order valence-electron chi connectivity index (χ3n) is 4.38. The van der Waals surface area contributed by atoms with E-state index in [0.717, 1.165) is 11.8 Å². The fraction of sp³-hybridized carbons (Fsp3) is 0.750. The number of carbonyl (C=O) groups excluding carboxylic acids is 2. The second-order valence-electron chi connectivity index (χ2n) is 6.99. The zero-order valence-corrected chi connectivity index (χ0v) is 20.6. The summed E-state index contributed by atoms with van der Waals surface area (Å²) in [5.74, 6) is -4.08. The van der Waals surface area contributed by atoms with E-state index in [1.54, 1.807) is 0 Å². The second-order valence-corrected chi connectivity index (χ2v) is 12.3. The first-order valence-corrected chi connectivity index (χ1v) is 11.8. The van der Waals surface area contributed by atoms with Gasteiger partial charge in [-0.1, -0.05) is 23.2 Å². The molecule has 0 bridgehead atoms. The Bertz CT molecular complexity index is 713. The number of nitrogens with two attached hydrogens (primary N) is 1. The molecule has 3 unspecified atom stereocenters. The van der Waals surface area contributed by atoms with Crippen LogP contribution in [0.5, 0.6) is 0 Å². The number of carboxylic acid groups (broad SMARTS) is 2. The lowest BCUT2D eigenvalue weighted by Gasteiger charge is -2.46. The predicted octanol–water partition coefficient (Wildman–Crippen LogP) is 2.06. The molecule has 6 N–H and O–H groups in total. The van der Waals surface area contributed by atoms with E-state index >= 15 is 0 Å². The molecule has 0 aliphatic heterocycles. The van der Waals surface area contributed by atoms with Gasteiger partial charge in [-0.05, 0) is 19.3 Å². The summed E-state index contributed by atoms with van der Waals surface area (Å²) in [5, 5.41) is 22.1. The standard InChI is InChI=1S/C16H22Cl5N3O6S/c17-14(18)3-4-16(21,15(19,20)7-14)31-6-9(12(28)23-5-11(26)27)24-10(25)2-1-8(22)13(29)30/h8-9H,1-7,22H2,(H,23,28)(H,24,25)(H,26,27)(H,29,30). The number of carbonyl (C=O) groups is 4. The van der Waals surface area contributed by atoms with Crippen LogP contribution in [0.3, 0.4) is 0 Å². The zero-order chi connectivity index (χ0) is 24.0. The van der Waals surface area contributed by atoms with Crippen LogP contribution < -0.4 is 16.4 Å². The minimum atomic E-state index is -1.55. The van der Waals surface area contributed by atoms with Gasteiger partial charge in [0.25, 0.3) is 0 Å². The highest BCUT2D eigenvalue weighted by Gasteiger charge is 2.57. The smallest absolute Gasteiger partial charge is 0.322 e. The van der Waals surface area contributed by atoms with Crippen molar-refractivity contribution in [1.29, 1.82) is 0 Å². The fourth-order valence-corrected chi connectivity index (χ4v) is 5.99. The molecule has 1 fully saturated rings. The van der Waals surface area contributed by atoms with Crippen molar-refractivity contribution in [2.24, 2.45) is 5.73 Å². The monoisotopic (exact) mass is 559 g/mol. The molecule has 0 aromatic heterocycles. The Labute approximate surface area is 208 Å². The molecule has 9 nitrogen and oxygen atoms in total. The molecule has 0 heterocycles. The van der Waals surface area contributed by atoms with Gasteiger partial charge >= 0.3 is 11.9 Å². The molecule has 1 rings (SSSR count). The van der Waals surface area contributed by atoms with Crippen molar-refractivity contribution in [3.05, 3.63) is 0 Å². The Morgan fingerprint density at radius 2 is 1.68 bits per heavy atom. The number of hydrogen-bond donors (Lipinski definition) is 5. The normalized spacial score (nSPS) is 23.9. The van der Waals surface area contributed by atoms with Crippen molar-refractivity contribution < 1.29 is 29.4 Å². The number of thioether (sulfide) groups is 1. The summed E-state index contributed by atoms with van der Waals surface area (Å²) >= 11 is 32.6. The molecule has 1 aliphatic carbocycles. The molecule has 15 heteroatoms. The molecule has 0 aromatic carbocycles. The average molecular weight is 562 g/mol. The van der Waals surface area contributed by atoms with Crippen LogP contribution in [0.2, 0.25) is 0 Å². The van der Waals surface area contributed by atoms with Crippen molar-refractivity contribution >= 4 is 93.5 Å². The molecular formula is C16H22Cl5N3O6S. The average Bonchev–Trinajstić information content (AvgIpc) is 2.63. The maximum absolute atomic E-state index is 12.4. The SMILES string of the molecule is NC(CCC(=O)NC(CSC1(Cl)CCC(Cl)(Cl)CC1(Cl)Cl)C(=O)NCC(=O)O)C(=O)O. The van der Waals surface area contributed by atoms with Crippen LogP contribution in [0.15, 0.2) is 0 Å². The van der Waals surface area contributed by atoms with Gasteiger partial charge in [-0.15, -0.1) is 46.6 Å². The first-order chi connectivity index (χ1) is 14.1. The van der Waals surface area contributed by atoms with Gasteiger partial charge in [0.15, 0.2) is 0 Å². The highest BCUT2D eigenvalue weighted by atomic mass is 35.5. The summed E-state index contributed by atoms with van der Waals surface area (Å²) in [5.41, 5.74) is 5.37. The van der Waals surface area contributed by atoms with E-state index in [1.165, 1.54) is 0 Å². The largest absolute Gasteiger partial charge is 0.480 e. The van der Waals surface area contributed by atoms with Gasteiger partial charge in [-0.2, -0.15) is 0 Å². The van der Waals surface area contributed by atoms with E-state index < -0.39 is 55.3 Å². The fourth-order valence-electron chi connectivity index (χ4n) is 2.61. The molecular weight excluding hydrogens is 540 g/mol. The molecule has 2 amide bonds. The molecule has 0 saturated heterocycles. The van der Waals surface area contributed by atoms with Gasteiger partial charge in [0, 0.05) is 18.6 Å². The third kappa shape index (κ3) is 9.19. The molecule has 0 aromatic rings. The predicted molar refractivity (Wildman–Crippen MR) is 121 cm³/mol. The first kappa shape index (κ1) is 28.7. The van der Waals surface area contributed by atoms with Gasteiger partial charge in [0.2, 0.25) is 11.8 Å². The first-order valence-electron chi connectivity index (χ1n) is 8.94. The Morgan fingerprint density at radius 1 is 1.06 bits per heavy atom. The Hall–Kier alpha value is -0.360. The van der Waals surface area contributed by atoms with Gasteiger partial charge in [0.05, 0.1) is 0 Å². The number of amides is 2. The van der Waals surface area contributed by atoms with Gasteiger partial charge in [-0.25, -0.2) is 0 Å². The van der Waals surface area contributed by atoms with Crippen LogP contribution in [0.4, 0.5) is 0 Å². The van der Waals surface area contributed by atoms with Crippen LogP contribution in [0.25, 0.3) is 0 Å². The number of hydrogen-bond acceptors (Lipinski definition) is 6. The van der Waals surface area contributed by atoms with Crippen LogP contribution >= 0.6 is 69.8 Å². The maximum Gasteiger partial charge on any atom is 0.322 e. The number of aliphatic carboxylic acids is 2. The van der Waals surface area contributed by atoms with E-state index in [4.69, 9.17) is 74.0 Å². The second kappa shape index (κ2) is 11.7. The number of nitrogens with one attached hydrogen (secondary N) is 2. The van der Waals surface area contributed by atoms with Crippen LogP contribution in [0, 0.1) is 0 Å². The van der Waals surface area contributed by atoms with Gasteiger partial charge in [-0.3, -0.25) is 19.2 Å². The lowest BCUT2D eigenvalue weighted by molar-refractivity contribution is -0.139. The van der Waals surface area contributed by atoms with Gasteiger partial charge in [0.1, 0.15) is 31.5 Å². The number of rotatable bonds is 11. The van der Waals surface area contributed by atoms with E-state index in [-0.39, 0.29) is 37.9 Å². The molecule has 178 valence electrons. The van der Waals surface area contributed by atoms with Crippen LogP contribution in [-0.4, -0.2) is 71.2 Å². The summed E-state index contributed by atoms with van der Waals surface area (Å²) in [6, 6.07) is -2.44. The number of carboxylic acids is 2. The number of alkyl halides is 5. The van der Waals surface area contributed by atoms with E-state index in [0.29, 0.717) is 0 Å². The Morgan fingerprint density at radius 3 is 2.19 bits per heavy atom. The summed E-state index contributed by atoms with van der Waals surface area (Å²) in [6.45, 7) is -0.665. The molecule has 3 atom stereocenters. The Kier molecular flexibility index (Phi) is 10.8. The molecule has 0 radical (unpaired) electrons. The third-order valence-corrected chi connectivity index (χ3v) is 8.71. The van der Waals surface area contributed by atoms with E-state index in [9.17, 15) is 19.2 Å². The van der Waals surface area contributed by atoms with Gasteiger partial charge < -0.3 is 26.6 Å². The molecule has 1 saturated carbocycles. The molecule has 0 spiro atoms. The van der Waals surface area contributed by atoms with Crippen molar-refractivity contribution in [3.63, 3.8) is 0 Å². The minimum absolute atomic E-state index is 0.0436. The van der Waals surface area contributed by atoms with Crippen molar-refractivity contribution in [3.8, 4) is 0 Å². The Balaban J connectivity index is 2.84. The summed E-state index contributed by atoms with van der Waals surface area (Å²) in [7, 11) is 0. The van der Waals surface area contributed by atoms with Crippen molar-refractivity contribution in [2.75, 3.05) is 12.3 Å². The molecule has 1 aliphatic rings. The zero-order valence-electron chi connectivity index (χ0n) is 16.0. The minimum Gasteiger partial charge on any atom is -0.480 e. The maximum atomic E-state index is 12.4. The summed E-state index contributed by atoms with van der Waals surface area (Å²) in [4.78, 5) is 46.1. The summed E-state index contributed by atoms with van der Waals surface area (Å²) < 4.78 is -4.01. The summed E-state index contributed by atoms with van der Waals surface area (Å²) in [6.07, 6.45) is 0.0191. The van der Waals surface area contributed by atoms with Crippen LogP contribution in [-0.2, 0) is 19.2 Å². The lowest BCUT2D eigenvalue weighted by Crippen LogP contribution is -2.52. The van der Waals surface area contributed by atoms with Crippen molar-refractivity contribution in [2.45, 2.75) is 57.1 Å². The number of halogens is 5. The topological polar surface area (TPSA) is 159 Å². The highest BCUT2D eigenvalue weighted by Crippen LogP contribution is 2.60. The quantitative estimate of drug-likeness (QED) is 0.240. The highest BCUT2D eigenvalue weighted by molar-refractivity contribution is 8.02. The lowest BCUT2D eigenvalue weighted by atomic mass is 9.97. The molecule has 31 heavy (non-hydrogen) atoms. The van der Waals surface area contributed by atoms with E-state index in [1.807, 2.05) is 0 Å². The van der Waals surface area contributed by atoms with Crippen molar-refractivity contribution in [1.82, 2.24) is 10.6 Å². The van der Waals surface area contributed by atoms with E-state index in [2.05, 4.69) is 10.6 Å². The van der Waals surface area contributed by atoms with Crippen LogP contribution in [0.1, 0.15) is 32.1 Å².